The molecule has 0 amide bonds. The monoisotopic (exact) mass is 451 g/mol. The second kappa shape index (κ2) is 11.5. The Labute approximate surface area is 162 Å². The number of allylic oxidation sites excluding steroid dienone is 1. The first-order valence-electron chi connectivity index (χ1n) is 7.34. The molecule has 0 unspecified atom stereocenters. The topological polar surface area (TPSA) is 81.9 Å². The molecule has 3 N–H and O–H groups in total. The van der Waals surface area contributed by atoms with E-state index in [1.54, 1.807) is 30.1 Å². The van der Waals surface area contributed by atoms with Gasteiger partial charge in [0.1, 0.15) is 0 Å². The Balaban J connectivity index is 0.00000139. The molecule has 5 nitrogen and oxygen atoms in total. The van der Waals surface area contributed by atoms with E-state index in [0.717, 1.165) is 48.9 Å². The minimum absolute atomic E-state index is 0.131. The number of phenols is 2. The number of hydrogen-bond donors (Lipinski definition) is 3. The van der Waals surface area contributed by atoms with Gasteiger partial charge in [-0.05, 0) is 43.2 Å². The molecular weight excluding hydrogens is 431 g/mol. The number of aliphatic imine (C=N–C) groups is 1. The molecule has 1 aliphatic rings. The van der Waals surface area contributed by atoms with E-state index in [0.29, 0.717) is 12.1 Å². The Morgan fingerprint density at radius 2 is 2.17 bits per heavy atom. The van der Waals surface area contributed by atoms with Gasteiger partial charge in [0.2, 0.25) is 0 Å². The number of rotatable bonds is 6. The maximum absolute atomic E-state index is 9.67. The molecule has 0 saturated heterocycles. The number of benzene rings is 1. The van der Waals surface area contributed by atoms with Crippen LogP contribution in [0, 0.1) is 0 Å². The normalized spacial score (nSPS) is 13.7. The van der Waals surface area contributed by atoms with Crippen molar-refractivity contribution in [3.05, 3.63) is 35.0 Å². The summed E-state index contributed by atoms with van der Waals surface area (Å²) < 4.78 is 9.20. The van der Waals surface area contributed by atoms with Crippen molar-refractivity contribution < 1.29 is 32.6 Å². The molecule has 0 saturated carbocycles. The van der Waals surface area contributed by atoms with Gasteiger partial charge in [0.15, 0.2) is 11.5 Å². The minimum atomic E-state index is -0.134. The first kappa shape index (κ1) is 21.0. The number of nitrogens with zero attached hydrogens (tertiary/aromatic N) is 1. The van der Waals surface area contributed by atoms with Gasteiger partial charge in [-0.1, -0.05) is 18.3 Å². The molecule has 2 rings (SSSR count). The fourth-order valence-corrected chi connectivity index (χ4v) is 3.07. The van der Waals surface area contributed by atoms with Crippen LogP contribution in [-0.2, 0) is 22.4 Å². The molecule has 131 valence electrons. The van der Waals surface area contributed by atoms with Gasteiger partial charge in [-0.2, -0.15) is 0 Å². The van der Waals surface area contributed by atoms with Crippen LogP contribution in [-0.4, -0.2) is 40.0 Å². The van der Waals surface area contributed by atoms with Crippen molar-refractivity contribution in [2.75, 3.05) is 19.3 Å². The molecule has 24 heavy (non-hydrogen) atoms. The average Bonchev–Trinajstić information content (AvgIpc) is 3.08. The van der Waals surface area contributed by atoms with Crippen molar-refractivity contribution in [2.24, 2.45) is 4.99 Å². The summed E-state index contributed by atoms with van der Waals surface area (Å²) in [7, 11) is 0. The van der Waals surface area contributed by atoms with Crippen molar-refractivity contribution in [3.63, 3.8) is 0 Å². The Hall–Kier alpha value is -1.08. The Kier molecular flexibility index (Phi) is 10.0. The average molecular weight is 451 g/mol. The van der Waals surface area contributed by atoms with Crippen molar-refractivity contribution >= 4 is 34.4 Å². The molecule has 0 heterocycles. The van der Waals surface area contributed by atoms with Gasteiger partial charge in [-0.25, -0.2) is 0 Å². The van der Waals surface area contributed by atoms with Gasteiger partial charge in [0, 0.05) is 24.0 Å². The van der Waals surface area contributed by atoms with Crippen LogP contribution < -0.4 is 5.32 Å². The van der Waals surface area contributed by atoms with E-state index in [1.807, 2.05) is 6.26 Å². The Morgan fingerprint density at radius 3 is 2.88 bits per heavy atom. The van der Waals surface area contributed by atoms with Crippen molar-refractivity contribution in [1.82, 2.24) is 5.32 Å². The number of nitrogens with one attached hydrogen (secondary N) is 1. The van der Waals surface area contributed by atoms with Crippen molar-refractivity contribution in [3.8, 4) is 11.5 Å². The number of para-hydroxylation sites is 1. The summed E-state index contributed by atoms with van der Waals surface area (Å²) in [5.74, 6) is -0.265. The molecule has 0 aromatic heterocycles. The molecule has 1 aromatic rings. The molecule has 0 aliphatic heterocycles. The van der Waals surface area contributed by atoms with Crippen molar-refractivity contribution in [2.45, 2.75) is 19.3 Å². The van der Waals surface area contributed by atoms with Crippen LogP contribution in [0.2, 0.25) is 0 Å². The third-order valence-electron chi connectivity index (χ3n) is 3.51. The molecule has 1 aromatic carbocycles. The number of thiocarbonyl (C=S) groups is 1. The summed E-state index contributed by atoms with van der Waals surface area (Å²) in [6.45, 7) is 1.32. The third-order valence-corrected chi connectivity index (χ3v) is 4.87. The number of hydrogen-bond acceptors (Lipinski definition) is 7. The fraction of sp³-hybridized carbons (Fsp3) is 0.375. The van der Waals surface area contributed by atoms with E-state index in [-0.39, 0.29) is 11.5 Å². The molecule has 0 bridgehead atoms. The molecule has 8 heteroatoms. The second-order valence-electron chi connectivity index (χ2n) is 4.98. The van der Waals surface area contributed by atoms with Crippen LogP contribution in [0.4, 0.5) is 0 Å². The van der Waals surface area contributed by atoms with Crippen LogP contribution in [0.5, 0.6) is 11.5 Å². The van der Waals surface area contributed by atoms with E-state index >= 15 is 0 Å². The molecule has 0 spiro atoms. The zero-order chi connectivity index (χ0) is 17.9. The Bertz CT molecular complexity index is 636. The molecular formula is C16H20N2O3S2Tc. The van der Waals surface area contributed by atoms with Gasteiger partial charge < -0.3 is 15.5 Å². The van der Waals surface area contributed by atoms with E-state index in [9.17, 15) is 10.2 Å². The molecule has 0 radical (unpaired) electrons. The standard InChI is InChI=1S/C16H20N2O2S2.O.Tc/c1-22-16(21)12-5-3-6-13(12)18-9-8-17-10-11-4-2-7-14(19)15(11)20;;/h2,4,7,10,18-20H,3,5-6,8-9H2,1H3;;/i;;1+1. The number of phenolic OH excluding ortho intramolecular Hbond substituents is 2. The quantitative estimate of drug-likeness (QED) is 0.267. The first-order chi connectivity index (χ1) is 11.6. The van der Waals surface area contributed by atoms with Crippen LogP contribution >= 0.6 is 24.0 Å². The van der Waals surface area contributed by atoms with E-state index < -0.39 is 0 Å². The van der Waals surface area contributed by atoms with Crippen LogP contribution in [0.15, 0.2) is 34.5 Å². The third kappa shape index (κ3) is 6.09. The summed E-state index contributed by atoms with van der Waals surface area (Å²) in [6, 6.07) is 4.82. The van der Waals surface area contributed by atoms with Crippen LogP contribution in [0.3, 0.4) is 0 Å². The maximum atomic E-state index is 9.67. The SMILES string of the molecule is CSC(=S)C1=C(NCCN=Cc2cccc(O)c2O)CCC1.[O]=[99Tc]. The van der Waals surface area contributed by atoms with Crippen LogP contribution in [0.1, 0.15) is 24.8 Å². The molecule has 0 atom stereocenters. The number of aromatic hydroxyl groups is 2. The van der Waals surface area contributed by atoms with Gasteiger partial charge >= 0.3 is 22.4 Å². The van der Waals surface area contributed by atoms with Crippen LogP contribution in [0.25, 0.3) is 0 Å². The first-order valence-corrected chi connectivity index (χ1v) is 9.73. The summed E-state index contributed by atoms with van der Waals surface area (Å²) in [4.78, 5) is 4.28. The molecule has 1 aliphatic carbocycles. The fourth-order valence-electron chi connectivity index (χ4n) is 2.37. The summed E-state index contributed by atoms with van der Waals surface area (Å²) in [6.07, 6.45) is 6.85. The van der Waals surface area contributed by atoms with Gasteiger partial charge in [-0.3, -0.25) is 4.99 Å². The van der Waals surface area contributed by atoms with Gasteiger partial charge in [-0.15, -0.1) is 11.8 Å². The van der Waals surface area contributed by atoms with E-state index in [1.165, 1.54) is 17.3 Å². The predicted molar refractivity (Wildman–Crippen MR) is 97.9 cm³/mol. The summed E-state index contributed by atoms with van der Waals surface area (Å²) >= 11 is 7.89. The Morgan fingerprint density at radius 1 is 1.42 bits per heavy atom. The summed E-state index contributed by atoms with van der Waals surface area (Å²) in [5, 5.41) is 22.5. The molecule has 0 fully saturated rings. The van der Waals surface area contributed by atoms with Crippen molar-refractivity contribution in [1.29, 1.82) is 0 Å². The van der Waals surface area contributed by atoms with E-state index in [2.05, 4.69) is 10.3 Å². The predicted octanol–water partition coefficient (Wildman–Crippen LogP) is 3.11. The zero-order valence-electron chi connectivity index (χ0n) is 13.3. The second-order valence-corrected chi connectivity index (χ2v) is 6.46. The van der Waals surface area contributed by atoms with Gasteiger partial charge in [0.25, 0.3) is 0 Å². The zero-order valence-corrected chi connectivity index (χ0v) is 16.8. The summed E-state index contributed by atoms with van der Waals surface area (Å²) in [5.41, 5.74) is 3.04. The van der Waals surface area contributed by atoms with Gasteiger partial charge in [0.05, 0.1) is 10.7 Å². The van der Waals surface area contributed by atoms with E-state index in [4.69, 9.17) is 15.7 Å². The number of thioether (sulfide) groups is 1.